The van der Waals surface area contributed by atoms with Crippen LogP contribution in [0.1, 0.15) is 38.9 Å². The lowest BCUT2D eigenvalue weighted by Crippen LogP contribution is -2.41. The Balaban J connectivity index is 0.000000730. The topological polar surface area (TPSA) is 118 Å². The fourth-order valence-corrected chi connectivity index (χ4v) is 6.20. The minimum absolute atomic E-state index is 0.0143. The highest BCUT2D eigenvalue weighted by molar-refractivity contribution is 7.13. The molecule has 2 aromatic heterocycles. The van der Waals surface area contributed by atoms with Crippen molar-refractivity contribution in [3.8, 4) is 0 Å². The molecule has 0 aromatic carbocycles. The number of nitrogens with zero attached hydrogens (tertiary/aromatic N) is 4. The van der Waals surface area contributed by atoms with Gasteiger partial charge in [-0.05, 0) is 33.6 Å². The van der Waals surface area contributed by atoms with E-state index in [4.69, 9.17) is 14.6 Å². The average Bonchev–Trinajstić information content (AvgIpc) is 3.46. The molecule has 2 N–H and O–H groups in total. The van der Waals surface area contributed by atoms with E-state index < -0.39 is 0 Å². The minimum Gasteiger partial charge on any atom is -0.483 e. The lowest BCUT2D eigenvalue weighted by molar-refractivity contribution is -0.122. The number of amides is 1. The van der Waals surface area contributed by atoms with Crippen molar-refractivity contribution >= 4 is 29.5 Å². The summed E-state index contributed by atoms with van der Waals surface area (Å²) >= 11 is 1.46. The summed E-state index contributed by atoms with van der Waals surface area (Å²) in [5, 5.41) is 11.0. The number of anilines is 1. The molecule has 3 saturated heterocycles. The third-order valence-corrected chi connectivity index (χ3v) is 7.62. The number of aryl methyl sites for hydroxylation is 3. The van der Waals surface area contributed by atoms with Gasteiger partial charge in [0.25, 0.3) is 12.4 Å². The second-order valence-electron chi connectivity index (χ2n) is 8.34. The molecule has 9 nitrogen and oxygen atoms in total. The van der Waals surface area contributed by atoms with E-state index in [1.807, 2.05) is 20.8 Å². The Hall–Kier alpha value is -2.59. The summed E-state index contributed by atoms with van der Waals surface area (Å²) in [6.45, 7) is 8.01. The molecule has 0 unspecified atom stereocenters. The van der Waals surface area contributed by atoms with E-state index in [0.29, 0.717) is 18.4 Å². The molecular formula is C21H27N5O4S. The summed E-state index contributed by atoms with van der Waals surface area (Å²) < 4.78 is 6.50. The molecule has 0 aliphatic carbocycles. The summed E-state index contributed by atoms with van der Waals surface area (Å²) in [6.07, 6.45) is 5.90. The summed E-state index contributed by atoms with van der Waals surface area (Å²) in [6, 6.07) is 0. The minimum atomic E-state index is -0.250. The number of nitrogens with one attached hydrogen (secondary N) is 1. The van der Waals surface area contributed by atoms with E-state index in [1.54, 1.807) is 12.4 Å². The van der Waals surface area contributed by atoms with Gasteiger partial charge in [0, 0.05) is 43.9 Å². The van der Waals surface area contributed by atoms with Crippen LogP contribution in [0.4, 0.5) is 5.82 Å². The van der Waals surface area contributed by atoms with Crippen LogP contribution in [0, 0.1) is 32.6 Å². The molecule has 31 heavy (non-hydrogen) atoms. The number of hydrogen-bond donors (Lipinski definition) is 2. The van der Waals surface area contributed by atoms with Crippen molar-refractivity contribution in [1.29, 1.82) is 0 Å². The largest absolute Gasteiger partial charge is 0.483 e. The second kappa shape index (κ2) is 8.51. The molecule has 166 valence electrons. The predicted octanol–water partition coefficient (Wildman–Crippen LogP) is 1.97. The Kier molecular flexibility index (Phi) is 5.94. The molecule has 2 aromatic rings. The number of aromatic nitrogens is 3. The Bertz CT molecular complexity index is 982. The number of fused-ring (bicyclic) bond motifs is 1. The molecule has 1 amide bonds. The zero-order valence-corrected chi connectivity index (χ0v) is 18.7. The van der Waals surface area contributed by atoms with Gasteiger partial charge in [0.1, 0.15) is 10.7 Å². The molecule has 5 rings (SSSR count). The number of hydrogen-bond acceptors (Lipinski definition) is 8. The van der Waals surface area contributed by atoms with Gasteiger partial charge in [0.05, 0.1) is 28.1 Å². The third kappa shape index (κ3) is 3.89. The summed E-state index contributed by atoms with van der Waals surface area (Å²) in [4.78, 5) is 37.4. The SMILES string of the molecule is Cc1nc(C)c(C(=O)NC[C@H]2[C@H]3CN(c4nccnc4C)C[C@]34CC[C@H]2O4)s1.O=CO. The van der Waals surface area contributed by atoms with Crippen LogP contribution in [0.3, 0.4) is 0 Å². The summed E-state index contributed by atoms with van der Waals surface area (Å²) in [5.41, 5.74) is 1.67. The van der Waals surface area contributed by atoms with E-state index in [2.05, 4.69) is 25.2 Å². The van der Waals surface area contributed by atoms with E-state index >= 15 is 0 Å². The molecule has 0 saturated carbocycles. The van der Waals surface area contributed by atoms with Crippen LogP contribution in [0.2, 0.25) is 0 Å². The maximum Gasteiger partial charge on any atom is 0.290 e. The molecule has 3 fully saturated rings. The van der Waals surface area contributed by atoms with Crippen LogP contribution in [-0.4, -0.2) is 63.8 Å². The Morgan fingerprint density at radius 3 is 2.77 bits per heavy atom. The van der Waals surface area contributed by atoms with Crippen molar-refractivity contribution < 1.29 is 19.4 Å². The van der Waals surface area contributed by atoms with E-state index in [9.17, 15) is 4.79 Å². The van der Waals surface area contributed by atoms with Crippen LogP contribution >= 0.6 is 11.3 Å². The predicted molar refractivity (Wildman–Crippen MR) is 115 cm³/mol. The fraction of sp³-hybridized carbons (Fsp3) is 0.571. The van der Waals surface area contributed by atoms with E-state index in [-0.39, 0.29) is 24.1 Å². The van der Waals surface area contributed by atoms with Crippen LogP contribution in [0.5, 0.6) is 0 Å². The van der Waals surface area contributed by atoms with Crippen molar-refractivity contribution in [1.82, 2.24) is 20.3 Å². The van der Waals surface area contributed by atoms with Gasteiger partial charge in [-0.1, -0.05) is 0 Å². The number of thiazole rings is 1. The lowest BCUT2D eigenvalue weighted by Gasteiger charge is -2.29. The zero-order valence-electron chi connectivity index (χ0n) is 17.9. The van der Waals surface area contributed by atoms with Gasteiger partial charge >= 0.3 is 0 Å². The van der Waals surface area contributed by atoms with Crippen molar-refractivity contribution in [2.75, 3.05) is 24.5 Å². The standard InChI is InChI=1S/C20H25N5O2S.CH2O2/c1-11-17(28-13(3)24-11)19(26)23-8-14-15-9-25(18-12(2)21-6-7-22-18)10-20(15)5-4-16(14)27-20;2-1-3/h6-7,14-16H,4-5,8-10H2,1-3H3,(H,23,26);1H,(H,2,3)/t14-,15+,16+,20+;/m0./s1. The van der Waals surface area contributed by atoms with Gasteiger partial charge < -0.3 is 20.1 Å². The molecule has 3 aliphatic rings. The second-order valence-corrected chi connectivity index (χ2v) is 9.54. The van der Waals surface area contributed by atoms with E-state index in [0.717, 1.165) is 53.0 Å². The molecule has 3 aliphatic heterocycles. The molecule has 0 radical (unpaired) electrons. The first-order valence-electron chi connectivity index (χ1n) is 10.4. The Morgan fingerprint density at radius 2 is 2.10 bits per heavy atom. The number of carbonyl (C=O) groups excluding carboxylic acids is 1. The fourth-order valence-electron chi connectivity index (χ4n) is 5.37. The zero-order chi connectivity index (χ0) is 22.2. The average molecular weight is 446 g/mol. The Morgan fingerprint density at radius 1 is 1.35 bits per heavy atom. The van der Waals surface area contributed by atoms with Crippen molar-refractivity contribution in [2.45, 2.75) is 45.3 Å². The third-order valence-electron chi connectivity index (χ3n) is 6.55. The number of ether oxygens (including phenoxy) is 1. The molecule has 4 atom stereocenters. The number of rotatable bonds is 4. The van der Waals surface area contributed by atoms with Crippen molar-refractivity contribution in [3.63, 3.8) is 0 Å². The van der Waals surface area contributed by atoms with Crippen LogP contribution < -0.4 is 10.2 Å². The Labute approximate surface area is 184 Å². The van der Waals surface area contributed by atoms with Gasteiger partial charge in [-0.3, -0.25) is 14.6 Å². The summed E-state index contributed by atoms with van der Waals surface area (Å²) in [5.74, 6) is 1.70. The summed E-state index contributed by atoms with van der Waals surface area (Å²) in [7, 11) is 0. The highest BCUT2D eigenvalue weighted by Crippen LogP contribution is 2.55. The van der Waals surface area contributed by atoms with Gasteiger partial charge in [-0.2, -0.15) is 0 Å². The molecular weight excluding hydrogens is 418 g/mol. The van der Waals surface area contributed by atoms with Crippen LogP contribution in [0.15, 0.2) is 12.4 Å². The van der Waals surface area contributed by atoms with Gasteiger partial charge in [0.15, 0.2) is 0 Å². The molecule has 1 spiro atoms. The monoisotopic (exact) mass is 445 g/mol. The van der Waals surface area contributed by atoms with Crippen molar-refractivity contribution in [3.05, 3.63) is 33.7 Å². The first kappa shape index (κ1) is 21.6. The quantitative estimate of drug-likeness (QED) is 0.686. The molecule has 2 bridgehead atoms. The van der Waals surface area contributed by atoms with Crippen LogP contribution in [-0.2, 0) is 9.53 Å². The van der Waals surface area contributed by atoms with E-state index in [1.165, 1.54) is 11.3 Å². The first-order chi connectivity index (χ1) is 14.9. The van der Waals surface area contributed by atoms with Gasteiger partial charge in [-0.25, -0.2) is 9.97 Å². The highest BCUT2D eigenvalue weighted by atomic mass is 32.1. The van der Waals surface area contributed by atoms with Crippen molar-refractivity contribution in [2.24, 2.45) is 11.8 Å². The smallest absolute Gasteiger partial charge is 0.290 e. The van der Waals surface area contributed by atoms with Gasteiger partial charge in [0.2, 0.25) is 0 Å². The normalized spacial score (nSPS) is 28.1. The maximum absolute atomic E-state index is 12.7. The van der Waals surface area contributed by atoms with Gasteiger partial charge in [-0.15, -0.1) is 11.3 Å². The molecule has 5 heterocycles. The molecule has 10 heteroatoms. The highest BCUT2D eigenvalue weighted by Gasteiger charge is 2.63. The lowest BCUT2D eigenvalue weighted by atomic mass is 9.73. The van der Waals surface area contributed by atoms with Crippen LogP contribution in [0.25, 0.3) is 0 Å². The number of carbonyl (C=O) groups is 2. The maximum atomic E-state index is 12.7. The first-order valence-corrected chi connectivity index (χ1v) is 11.2. The number of carboxylic acid groups (broad SMARTS) is 1.